The predicted octanol–water partition coefficient (Wildman–Crippen LogP) is 0.630. The Labute approximate surface area is 157 Å². The van der Waals surface area contributed by atoms with Crippen molar-refractivity contribution in [1.82, 2.24) is 16.2 Å². The second-order valence-electron chi connectivity index (χ2n) is 5.75. The maximum Gasteiger partial charge on any atom is 0.426 e. The molecule has 3 amide bonds. The third kappa shape index (κ3) is 7.57. The lowest BCUT2D eigenvalue weighted by atomic mass is 10.1. The van der Waals surface area contributed by atoms with Gasteiger partial charge in [0.05, 0.1) is 6.04 Å². The first-order valence-electron chi connectivity index (χ1n) is 8.37. The largest absolute Gasteiger partial charge is 0.438 e. The summed E-state index contributed by atoms with van der Waals surface area (Å²) in [4.78, 5) is 35.0. The van der Waals surface area contributed by atoms with Crippen LogP contribution >= 0.6 is 0 Å². The molecule has 0 bridgehead atoms. The van der Waals surface area contributed by atoms with Crippen LogP contribution in [0.3, 0.4) is 0 Å². The molecule has 0 saturated carbocycles. The Bertz CT molecular complexity index is 753. The van der Waals surface area contributed by atoms with Crippen molar-refractivity contribution in [2.24, 2.45) is 5.73 Å². The van der Waals surface area contributed by atoms with E-state index in [4.69, 9.17) is 10.5 Å². The number of rotatable bonds is 7. The molecule has 0 aliphatic rings. The summed E-state index contributed by atoms with van der Waals surface area (Å²) in [5.74, 6) is -1.02. The summed E-state index contributed by atoms with van der Waals surface area (Å²) < 4.78 is 4.72. The second-order valence-corrected chi connectivity index (χ2v) is 5.75. The average molecular weight is 370 g/mol. The van der Waals surface area contributed by atoms with Crippen molar-refractivity contribution in [2.45, 2.75) is 19.0 Å². The normalized spacial score (nSPS) is 11.1. The first-order chi connectivity index (χ1) is 13.0. The number of carbonyl (C=O) groups is 3. The summed E-state index contributed by atoms with van der Waals surface area (Å²) in [6, 6.07) is 17.7. The first kappa shape index (κ1) is 19.9. The minimum atomic E-state index is -0.954. The van der Waals surface area contributed by atoms with Crippen LogP contribution in [-0.4, -0.2) is 30.6 Å². The van der Waals surface area contributed by atoms with Crippen molar-refractivity contribution in [3.63, 3.8) is 0 Å². The van der Waals surface area contributed by atoms with Crippen LogP contribution in [0.4, 0.5) is 4.79 Å². The lowest BCUT2D eigenvalue weighted by molar-refractivity contribution is -0.124. The number of carbonyl (C=O) groups excluding carboxylic acids is 3. The molecule has 0 spiro atoms. The van der Waals surface area contributed by atoms with Crippen molar-refractivity contribution in [3.8, 4) is 0 Å². The van der Waals surface area contributed by atoms with Gasteiger partial charge in [0.25, 0.3) is 11.8 Å². The zero-order valence-electron chi connectivity index (χ0n) is 14.7. The monoisotopic (exact) mass is 370 g/mol. The van der Waals surface area contributed by atoms with Crippen LogP contribution in [0.2, 0.25) is 0 Å². The molecule has 0 aliphatic carbocycles. The molecular formula is C19H22N4O4. The zero-order valence-corrected chi connectivity index (χ0v) is 14.7. The summed E-state index contributed by atoms with van der Waals surface area (Å²) in [6.07, 6.45) is -0.629. The van der Waals surface area contributed by atoms with Gasteiger partial charge in [-0.1, -0.05) is 60.7 Å². The Balaban J connectivity index is 1.62. The maximum absolute atomic E-state index is 11.9. The van der Waals surface area contributed by atoms with E-state index in [-0.39, 0.29) is 0 Å². The van der Waals surface area contributed by atoms with Gasteiger partial charge in [0.2, 0.25) is 0 Å². The molecule has 0 unspecified atom stereocenters. The first-order valence-corrected chi connectivity index (χ1v) is 8.37. The highest BCUT2D eigenvalue weighted by Gasteiger charge is 2.15. The highest BCUT2D eigenvalue weighted by atomic mass is 16.6. The Morgan fingerprint density at radius 1 is 0.889 bits per heavy atom. The molecule has 8 nitrogen and oxygen atoms in total. The van der Waals surface area contributed by atoms with Crippen LogP contribution in [-0.2, 0) is 27.3 Å². The quantitative estimate of drug-likeness (QED) is 0.533. The van der Waals surface area contributed by atoms with Gasteiger partial charge < -0.3 is 15.8 Å². The third-order valence-corrected chi connectivity index (χ3v) is 3.59. The van der Waals surface area contributed by atoms with Crippen LogP contribution in [0.25, 0.3) is 0 Å². The number of hydrogen-bond donors (Lipinski definition) is 4. The van der Waals surface area contributed by atoms with E-state index in [0.717, 1.165) is 11.1 Å². The number of benzene rings is 2. The van der Waals surface area contributed by atoms with E-state index in [9.17, 15) is 14.4 Å². The van der Waals surface area contributed by atoms with Gasteiger partial charge >= 0.3 is 6.09 Å². The van der Waals surface area contributed by atoms with E-state index in [1.165, 1.54) is 0 Å². The van der Waals surface area contributed by atoms with Gasteiger partial charge in [-0.2, -0.15) is 0 Å². The SMILES string of the molecule is N[C@@H](Cc1ccccc1)C(=O)NNC(=O)OCC(=O)NCc1ccccc1. The second kappa shape index (κ2) is 10.6. The van der Waals surface area contributed by atoms with E-state index < -0.39 is 30.6 Å². The lowest BCUT2D eigenvalue weighted by Crippen LogP contribution is -2.50. The lowest BCUT2D eigenvalue weighted by Gasteiger charge is -2.13. The number of nitrogens with two attached hydrogens (primary N) is 1. The number of amides is 3. The van der Waals surface area contributed by atoms with Crippen LogP contribution in [0.15, 0.2) is 60.7 Å². The fourth-order valence-electron chi connectivity index (χ4n) is 2.18. The Kier molecular flexibility index (Phi) is 7.80. The third-order valence-electron chi connectivity index (χ3n) is 3.59. The van der Waals surface area contributed by atoms with Gasteiger partial charge in [0, 0.05) is 6.54 Å². The van der Waals surface area contributed by atoms with Gasteiger partial charge in [-0.25, -0.2) is 10.2 Å². The number of ether oxygens (including phenoxy) is 1. The standard InChI is InChI=1S/C19H22N4O4/c20-16(11-14-7-3-1-4-8-14)18(25)22-23-19(26)27-13-17(24)21-12-15-9-5-2-6-10-15/h1-10,16H,11-13,20H2,(H,21,24)(H,22,25)(H,23,26)/t16-/m0/s1. The van der Waals surface area contributed by atoms with Gasteiger partial charge in [-0.3, -0.25) is 15.0 Å². The van der Waals surface area contributed by atoms with Crippen molar-refractivity contribution >= 4 is 17.9 Å². The maximum atomic E-state index is 11.9. The van der Waals surface area contributed by atoms with Crippen LogP contribution in [0, 0.1) is 0 Å². The molecule has 0 radical (unpaired) electrons. The fraction of sp³-hybridized carbons (Fsp3) is 0.211. The molecular weight excluding hydrogens is 348 g/mol. The summed E-state index contributed by atoms with van der Waals surface area (Å²) >= 11 is 0. The molecule has 27 heavy (non-hydrogen) atoms. The van der Waals surface area contributed by atoms with E-state index in [1.54, 1.807) is 0 Å². The molecule has 5 N–H and O–H groups in total. The van der Waals surface area contributed by atoms with E-state index >= 15 is 0 Å². The zero-order chi connectivity index (χ0) is 19.5. The highest BCUT2D eigenvalue weighted by molar-refractivity contribution is 5.84. The molecule has 0 heterocycles. The summed E-state index contributed by atoms with van der Waals surface area (Å²) in [7, 11) is 0. The van der Waals surface area contributed by atoms with Gasteiger partial charge in [-0.05, 0) is 17.5 Å². The smallest absolute Gasteiger partial charge is 0.426 e. The molecule has 0 fully saturated rings. The van der Waals surface area contributed by atoms with E-state index in [1.807, 2.05) is 60.7 Å². The van der Waals surface area contributed by atoms with Gasteiger partial charge in [0.15, 0.2) is 6.61 Å². The van der Waals surface area contributed by atoms with Gasteiger partial charge in [0.1, 0.15) is 0 Å². The molecule has 2 aromatic rings. The van der Waals surface area contributed by atoms with Crippen molar-refractivity contribution in [1.29, 1.82) is 0 Å². The molecule has 0 aromatic heterocycles. The summed E-state index contributed by atoms with van der Waals surface area (Å²) in [5.41, 5.74) is 11.8. The van der Waals surface area contributed by atoms with Crippen LogP contribution in [0.1, 0.15) is 11.1 Å². The van der Waals surface area contributed by atoms with Gasteiger partial charge in [-0.15, -0.1) is 0 Å². The minimum absolute atomic E-state index is 0.325. The molecule has 0 saturated heterocycles. The molecule has 8 heteroatoms. The van der Waals surface area contributed by atoms with Crippen molar-refractivity contribution < 1.29 is 19.1 Å². The Morgan fingerprint density at radius 2 is 1.48 bits per heavy atom. The highest BCUT2D eigenvalue weighted by Crippen LogP contribution is 2.01. The molecule has 2 aromatic carbocycles. The Hall–Kier alpha value is -3.39. The number of nitrogens with one attached hydrogen (secondary N) is 3. The number of hydrazine groups is 1. The van der Waals surface area contributed by atoms with E-state index in [0.29, 0.717) is 13.0 Å². The molecule has 142 valence electrons. The molecule has 0 aliphatic heterocycles. The molecule has 1 atom stereocenters. The predicted molar refractivity (Wildman–Crippen MR) is 99.0 cm³/mol. The summed E-state index contributed by atoms with van der Waals surface area (Å²) in [6.45, 7) is -0.139. The summed E-state index contributed by atoms with van der Waals surface area (Å²) in [5, 5.41) is 2.61. The topological polar surface area (TPSA) is 123 Å². The fourth-order valence-corrected chi connectivity index (χ4v) is 2.18. The number of hydrogen-bond acceptors (Lipinski definition) is 5. The van der Waals surface area contributed by atoms with Crippen molar-refractivity contribution in [2.75, 3.05) is 6.61 Å². The molecule has 2 rings (SSSR count). The minimum Gasteiger partial charge on any atom is -0.438 e. The van der Waals surface area contributed by atoms with Crippen molar-refractivity contribution in [3.05, 3.63) is 71.8 Å². The average Bonchev–Trinajstić information content (AvgIpc) is 2.70. The van der Waals surface area contributed by atoms with Crippen LogP contribution < -0.4 is 21.9 Å². The van der Waals surface area contributed by atoms with E-state index in [2.05, 4.69) is 16.2 Å². The Morgan fingerprint density at radius 3 is 2.11 bits per heavy atom. The van der Waals surface area contributed by atoms with Crippen LogP contribution in [0.5, 0.6) is 0 Å².